The summed E-state index contributed by atoms with van der Waals surface area (Å²) in [5, 5.41) is 0. The Labute approximate surface area is 173 Å². The highest BCUT2D eigenvalue weighted by Crippen LogP contribution is 2.41. The molecule has 0 radical (unpaired) electrons. The maximum Gasteiger partial charge on any atom is 0.00182 e. The summed E-state index contributed by atoms with van der Waals surface area (Å²) in [7, 11) is 0. The molecule has 0 spiro atoms. The predicted molar refractivity (Wildman–Crippen MR) is 121 cm³/mol. The second kappa shape index (κ2) is 9.47. The molecule has 0 aromatic heterocycles. The van der Waals surface area contributed by atoms with Crippen LogP contribution < -0.4 is 0 Å². The largest absolute Gasteiger partial charge is 0.0851 e. The first-order chi connectivity index (χ1) is 13.7. The van der Waals surface area contributed by atoms with Gasteiger partial charge in [0.2, 0.25) is 0 Å². The van der Waals surface area contributed by atoms with Crippen molar-refractivity contribution in [2.24, 2.45) is 29.6 Å². The first-order valence-corrected chi connectivity index (χ1v) is 12.1. The summed E-state index contributed by atoms with van der Waals surface area (Å²) in [5.74, 6) is 5.14. The molecule has 4 rings (SSSR count). The van der Waals surface area contributed by atoms with Crippen molar-refractivity contribution in [2.45, 2.75) is 84.0 Å². The van der Waals surface area contributed by atoms with Crippen molar-refractivity contribution in [3.05, 3.63) is 59.7 Å². The molecule has 0 heteroatoms. The van der Waals surface area contributed by atoms with Crippen LogP contribution in [0.2, 0.25) is 0 Å². The number of aryl methyl sites for hydroxylation is 1. The van der Waals surface area contributed by atoms with E-state index < -0.39 is 0 Å². The molecule has 1 aromatic rings. The SMILES string of the molecule is Cc1ccc(C2C=CC(C3CCC(/C=C/C4CCC(C)CC4)CC3)CC2)cc1. The molecule has 0 heterocycles. The van der Waals surface area contributed by atoms with Crippen LogP contribution in [0.3, 0.4) is 0 Å². The van der Waals surface area contributed by atoms with Crippen molar-refractivity contribution in [3.63, 3.8) is 0 Å². The lowest BCUT2D eigenvalue weighted by molar-refractivity contribution is 0.236. The Kier molecular flexibility index (Phi) is 6.76. The van der Waals surface area contributed by atoms with Crippen molar-refractivity contribution < 1.29 is 0 Å². The van der Waals surface area contributed by atoms with E-state index in [1.165, 1.54) is 75.3 Å². The molecule has 2 fully saturated rings. The van der Waals surface area contributed by atoms with E-state index in [9.17, 15) is 0 Å². The zero-order valence-electron chi connectivity index (χ0n) is 18.2. The lowest BCUT2D eigenvalue weighted by Crippen LogP contribution is -2.22. The third-order valence-corrected chi connectivity index (χ3v) is 8.05. The number of rotatable bonds is 4. The molecule has 0 aliphatic heterocycles. The fourth-order valence-corrected chi connectivity index (χ4v) is 5.88. The zero-order valence-corrected chi connectivity index (χ0v) is 18.2. The van der Waals surface area contributed by atoms with Gasteiger partial charge in [0.15, 0.2) is 0 Å². The van der Waals surface area contributed by atoms with Crippen LogP contribution in [0, 0.1) is 36.5 Å². The van der Waals surface area contributed by atoms with Gasteiger partial charge in [0.1, 0.15) is 0 Å². The standard InChI is InChI=1S/C28H40/c1-21-3-7-23(8-4-21)9-10-24-11-15-26(16-12-24)28-19-17-27(18-20-28)25-13-5-22(2)6-14-25/h5-6,9-10,13-14,17,19,21,23-24,26-28H,3-4,7-8,11-12,15-16,18,20H2,1-2H3/b10-9+. The van der Waals surface area contributed by atoms with E-state index >= 15 is 0 Å². The van der Waals surface area contributed by atoms with Gasteiger partial charge in [-0.15, -0.1) is 0 Å². The maximum atomic E-state index is 2.61. The van der Waals surface area contributed by atoms with Gasteiger partial charge in [0, 0.05) is 5.92 Å². The Hall–Kier alpha value is -1.30. The van der Waals surface area contributed by atoms with Gasteiger partial charge in [0.25, 0.3) is 0 Å². The summed E-state index contributed by atoms with van der Waals surface area (Å²) in [4.78, 5) is 0. The number of allylic oxidation sites excluding steroid dienone is 4. The molecular formula is C28H40. The molecule has 0 saturated heterocycles. The summed E-state index contributed by atoms with van der Waals surface area (Å²) in [6, 6.07) is 9.18. The Balaban J connectivity index is 1.23. The zero-order chi connectivity index (χ0) is 19.3. The van der Waals surface area contributed by atoms with Gasteiger partial charge in [-0.2, -0.15) is 0 Å². The van der Waals surface area contributed by atoms with Gasteiger partial charge in [-0.1, -0.05) is 73.9 Å². The number of benzene rings is 1. The topological polar surface area (TPSA) is 0 Å². The Morgan fingerprint density at radius 3 is 1.86 bits per heavy atom. The maximum absolute atomic E-state index is 2.61. The fraction of sp³-hybridized carbons (Fsp3) is 0.643. The Morgan fingerprint density at radius 2 is 1.29 bits per heavy atom. The van der Waals surface area contributed by atoms with E-state index in [0.717, 1.165) is 29.6 Å². The number of hydrogen-bond acceptors (Lipinski definition) is 0. The molecule has 0 amide bonds. The smallest absolute Gasteiger partial charge is 0.00182 e. The fourth-order valence-electron chi connectivity index (χ4n) is 5.88. The normalized spacial score (nSPS) is 36.6. The van der Waals surface area contributed by atoms with Crippen molar-refractivity contribution >= 4 is 0 Å². The highest BCUT2D eigenvalue weighted by atomic mass is 14.3. The van der Waals surface area contributed by atoms with Crippen molar-refractivity contribution in [1.29, 1.82) is 0 Å². The summed E-state index contributed by atoms with van der Waals surface area (Å²) in [5.41, 5.74) is 2.87. The van der Waals surface area contributed by atoms with Crippen molar-refractivity contribution in [3.8, 4) is 0 Å². The van der Waals surface area contributed by atoms with E-state index in [2.05, 4.69) is 62.4 Å². The van der Waals surface area contributed by atoms with E-state index in [0.29, 0.717) is 5.92 Å². The van der Waals surface area contributed by atoms with Crippen LogP contribution in [0.5, 0.6) is 0 Å². The average molecular weight is 377 g/mol. The Bertz CT molecular complexity index is 648. The number of hydrogen-bond donors (Lipinski definition) is 0. The lowest BCUT2D eigenvalue weighted by Gasteiger charge is -2.34. The molecule has 1 aromatic carbocycles. The molecular weight excluding hydrogens is 336 g/mol. The molecule has 3 aliphatic rings. The molecule has 28 heavy (non-hydrogen) atoms. The molecule has 2 atom stereocenters. The molecule has 152 valence electrons. The Morgan fingerprint density at radius 1 is 0.679 bits per heavy atom. The molecule has 0 N–H and O–H groups in total. The summed E-state index contributed by atoms with van der Waals surface area (Å²) >= 11 is 0. The first-order valence-electron chi connectivity index (χ1n) is 12.1. The molecule has 3 aliphatic carbocycles. The third kappa shape index (κ3) is 5.19. The van der Waals surface area contributed by atoms with Crippen LogP contribution in [-0.4, -0.2) is 0 Å². The van der Waals surface area contributed by atoms with Crippen LogP contribution >= 0.6 is 0 Å². The van der Waals surface area contributed by atoms with Crippen LogP contribution in [0.15, 0.2) is 48.6 Å². The predicted octanol–water partition coefficient (Wildman–Crippen LogP) is 8.23. The van der Waals surface area contributed by atoms with Gasteiger partial charge in [-0.25, -0.2) is 0 Å². The average Bonchev–Trinajstić information content (AvgIpc) is 2.74. The van der Waals surface area contributed by atoms with E-state index in [1.807, 2.05) is 0 Å². The second-order valence-corrected chi connectivity index (χ2v) is 10.2. The third-order valence-electron chi connectivity index (χ3n) is 8.05. The van der Waals surface area contributed by atoms with Crippen molar-refractivity contribution in [1.82, 2.24) is 0 Å². The molecule has 2 unspecified atom stereocenters. The van der Waals surface area contributed by atoms with E-state index in [-0.39, 0.29) is 0 Å². The minimum absolute atomic E-state index is 0.648. The van der Waals surface area contributed by atoms with Crippen molar-refractivity contribution in [2.75, 3.05) is 0 Å². The highest BCUT2D eigenvalue weighted by molar-refractivity contribution is 5.28. The second-order valence-electron chi connectivity index (χ2n) is 10.2. The van der Waals surface area contributed by atoms with Gasteiger partial charge in [0.05, 0.1) is 0 Å². The van der Waals surface area contributed by atoms with E-state index in [4.69, 9.17) is 0 Å². The molecule has 0 nitrogen and oxygen atoms in total. The summed E-state index contributed by atoms with van der Waals surface area (Å²) < 4.78 is 0. The van der Waals surface area contributed by atoms with Gasteiger partial charge in [-0.3, -0.25) is 0 Å². The monoisotopic (exact) mass is 376 g/mol. The van der Waals surface area contributed by atoms with Crippen LogP contribution in [-0.2, 0) is 0 Å². The van der Waals surface area contributed by atoms with Gasteiger partial charge >= 0.3 is 0 Å². The summed E-state index contributed by atoms with van der Waals surface area (Å²) in [6.07, 6.45) is 24.5. The molecule has 2 saturated carbocycles. The van der Waals surface area contributed by atoms with Crippen LogP contribution in [0.4, 0.5) is 0 Å². The minimum atomic E-state index is 0.648. The quantitative estimate of drug-likeness (QED) is 0.464. The first kappa shape index (κ1) is 20.0. The summed E-state index contributed by atoms with van der Waals surface area (Å²) in [6.45, 7) is 4.60. The van der Waals surface area contributed by atoms with Gasteiger partial charge in [-0.05, 0) is 93.4 Å². The van der Waals surface area contributed by atoms with Gasteiger partial charge < -0.3 is 0 Å². The van der Waals surface area contributed by atoms with Crippen LogP contribution in [0.25, 0.3) is 0 Å². The van der Waals surface area contributed by atoms with E-state index in [1.54, 1.807) is 0 Å². The minimum Gasteiger partial charge on any atom is -0.0851 e. The van der Waals surface area contributed by atoms with Crippen LogP contribution in [0.1, 0.15) is 88.2 Å². The highest BCUT2D eigenvalue weighted by Gasteiger charge is 2.28. The molecule has 0 bridgehead atoms. The lowest BCUT2D eigenvalue weighted by atomic mass is 9.71.